The number of rotatable bonds is 8. The first-order valence-corrected chi connectivity index (χ1v) is 11.4. The third-order valence-corrected chi connectivity index (χ3v) is 5.81. The molecule has 1 heterocycles. The van der Waals surface area contributed by atoms with Crippen molar-refractivity contribution in [2.45, 2.75) is 18.2 Å². The third-order valence-electron chi connectivity index (χ3n) is 4.57. The summed E-state index contributed by atoms with van der Waals surface area (Å²) in [5.74, 6) is 1.26. The fraction of sp³-hybridized carbons (Fsp3) is 0.125. The molecule has 0 aliphatic carbocycles. The van der Waals surface area contributed by atoms with Crippen LogP contribution in [0.1, 0.15) is 18.9 Å². The number of anilines is 1. The van der Waals surface area contributed by atoms with Gasteiger partial charge in [0.1, 0.15) is 5.75 Å². The topological polar surface area (TPSA) is 69.0 Å². The number of nitrogens with one attached hydrogen (secondary N) is 1. The molecule has 1 amide bonds. The van der Waals surface area contributed by atoms with Crippen molar-refractivity contribution in [1.82, 2.24) is 14.8 Å². The van der Waals surface area contributed by atoms with Crippen LogP contribution >= 0.6 is 23.4 Å². The number of nitrogens with zero attached hydrogens (tertiary/aromatic N) is 3. The summed E-state index contributed by atoms with van der Waals surface area (Å²) in [6.07, 6.45) is -0.421. The molecular formula is C24H21ClN4O2S. The third kappa shape index (κ3) is 5.30. The van der Waals surface area contributed by atoms with E-state index in [1.165, 1.54) is 11.8 Å². The van der Waals surface area contributed by atoms with E-state index in [0.717, 1.165) is 11.4 Å². The van der Waals surface area contributed by atoms with Crippen molar-refractivity contribution in [3.05, 3.63) is 95.8 Å². The zero-order valence-corrected chi connectivity index (χ0v) is 18.9. The van der Waals surface area contributed by atoms with E-state index < -0.39 is 6.10 Å². The molecule has 1 N–H and O–H groups in total. The highest BCUT2D eigenvalue weighted by Crippen LogP contribution is 2.31. The number of benzene rings is 3. The Hall–Kier alpha value is -3.29. The first kappa shape index (κ1) is 21.9. The number of carbonyl (C=O) groups excluding carboxylic acids is 1. The van der Waals surface area contributed by atoms with Gasteiger partial charge in [0.25, 0.3) is 0 Å². The number of amides is 1. The Morgan fingerprint density at radius 1 is 1.00 bits per heavy atom. The van der Waals surface area contributed by atoms with Gasteiger partial charge in [-0.2, -0.15) is 0 Å². The lowest BCUT2D eigenvalue weighted by molar-refractivity contribution is -0.113. The van der Waals surface area contributed by atoms with Crippen molar-refractivity contribution in [3.8, 4) is 11.4 Å². The maximum absolute atomic E-state index is 12.4. The quantitative estimate of drug-likeness (QED) is 0.334. The van der Waals surface area contributed by atoms with E-state index in [4.69, 9.17) is 16.3 Å². The Morgan fingerprint density at radius 2 is 1.66 bits per heavy atom. The van der Waals surface area contributed by atoms with Gasteiger partial charge < -0.3 is 10.1 Å². The molecule has 6 nitrogen and oxygen atoms in total. The predicted molar refractivity (Wildman–Crippen MR) is 128 cm³/mol. The van der Waals surface area contributed by atoms with Crippen molar-refractivity contribution in [1.29, 1.82) is 0 Å². The van der Waals surface area contributed by atoms with Crippen molar-refractivity contribution in [2.24, 2.45) is 0 Å². The fourth-order valence-electron chi connectivity index (χ4n) is 3.09. The van der Waals surface area contributed by atoms with Crippen LogP contribution in [0.2, 0.25) is 5.02 Å². The fourth-order valence-corrected chi connectivity index (χ4v) is 4.03. The summed E-state index contributed by atoms with van der Waals surface area (Å²) in [6.45, 7) is 1.89. The summed E-state index contributed by atoms with van der Waals surface area (Å²) in [5, 5.41) is 12.7. The lowest BCUT2D eigenvalue weighted by Gasteiger charge is -2.17. The lowest BCUT2D eigenvalue weighted by atomic mass is 10.3. The molecule has 4 rings (SSSR count). The van der Waals surface area contributed by atoms with Crippen molar-refractivity contribution >= 4 is 35.0 Å². The Morgan fingerprint density at radius 3 is 2.38 bits per heavy atom. The lowest BCUT2D eigenvalue weighted by Crippen LogP contribution is -2.15. The van der Waals surface area contributed by atoms with Crippen LogP contribution in [0.25, 0.3) is 5.69 Å². The first-order chi connectivity index (χ1) is 15.6. The minimum absolute atomic E-state index is 0.120. The van der Waals surface area contributed by atoms with Gasteiger partial charge in [-0.05, 0) is 43.3 Å². The second-order valence-corrected chi connectivity index (χ2v) is 8.25. The molecule has 32 heavy (non-hydrogen) atoms. The van der Waals surface area contributed by atoms with Crippen LogP contribution in [-0.2, 0) is 4.79 Å². The van der Waals surface area contributed by atoms with Crippen molar-refractivity contribution < 1.29 is 9.53 Å². The Bertz CT molecular complexity index is 1190. The second kappa shape index (κ2) is 10.3. The summed E-state index contributed by atoms with van der Waals surface area (Å²) in [7, 11) is 0. The van der Waals surface area contributed by atoms with E-state index in [-0.39, 0.29) is 11.7 Å². The Balaban J connectivity index is 1.55. The first-order valence-electron chi connectivity index (χ1n) is 10.0. The number of aromatic nitrogens is 3. The van der Waals surface area contributed by atoms with Crippen LogP contribution in [-0.4, -0.2) is 26.4 Å². The van der Waals surface area contributed by atoms with Gasteiger partial charge in [-0.15, -0.1) is 10.2 Å². The Kier molecular flexibility index (Phi) is 7.09. The highest BCUT2D eigenvalue weighted by atomic mass is 35.5. The van der Waals surface area contributed by atoms with Gasteiger partial charge in [0.05, 0.1) is 10.8 Å². The molecule has 0 spiro atoms. The molecule has 0 aliphatic rings. The van der Waals surface area contributed by atoms with E-state index in [0.29, 0.717) is 21.8 Å². The SMILES string of the molecule is CC(Oc1ccccc1Cl)c1nnc(SCC(=O)Nc2ccccc2)n1-c1ccccc1. The highest BCUT2D eigenvalue weighted by molar-refractivity contribution is 7.99. The zero-order valence-electron chi connectivity index (χ0n) is 17.3. The summed E-state index contributed by atoms with van der Waals surface area (Å²) in [4.78, 5) is 12.4. The summed E-state index contributed by atoms with van der Waals surface area (Å²) >= 11 is 7.57. The van der Waals surface area contributed by atoms with E-state index >= 15 is 0 Å². The molecule has 1 aromatic heterocycles. The second-order valence-electron chi connectivity index (χ2n) is 6.91. The van der Waals surface area contributed by atoms with Gasteiger partial charge in [0.15, 0.2) is 17.1 Å². The van der Waals surface area contributed by atoms with Gasteiger partial charge in [-0.25, -0.2) is 0 Å². The standard InChI is InChI=1S/C24H21ClN4O2S/c1-17(31-21-15-9-8-14-20(21)25)23-27-28-24(29(23)19-12-6-3-7-13-19)32-16-22(30)26-18-10-4-2-5-11-18/h2-15,17H,16H2,1H3,(H,26,30). The van der Waals surface area contributed by atoms with Gasteiger partial charge >= 0.3 is 0 Å². The Labute approximate surface area is 195 Å². The monoisotopic (exact) mass is 464 g/mol. The molecule has 0 saturated carbocycles. The van der Waals surface area contributed by atoms with Crippen LogP contribution < -0.4 is 10.1 Å². The summed E-state index contributed by atoms with van der Waals surface area (Å²) < 4.78 is 7.97. The highest BCUT2D eigenvalue weighted by Gasteiger charge is 2.22. The van der Waals surface area contributed by atoms with Crippen LogP contribution in [0.15, 0.2) is 90.1 Å². The van der Waals surface area contributed by atoms with Crippen LogP contribution in [0.4, 0.5) is 5.69 Å². The molecule has 0 fully saturated rings. The van der Waals surface area contributed by atoms with Gasteiger partial charge in [-0.3, -0.25) is 9.36 Å². The molecule has 8 heteroatoms. The predicted octanol–water partition coefficient (Wildman–Crippen LogP) is 5.79. The molecule has 1 atom stereocenters. The molecule has 0 radical (unpaired) electrons. The molecule has 0 bridgehead atoms. The van der Waals surface area contributed by atoms with Gasteiger partial charge in [-0.1, -0.05) is 71.9 Å². The smallest absolute Gasteiger partial charge is 0.234 e. The minimum atomic E-state index is -0.421. The van der Waals surface area contributed by atoms with Crippen LogP contribution in [0, 0.1) is 0 Å². The summed E-state index contributed by atoms with van der Waals surface area (Å²) in [6, 6.07) is 26.4. The average molecular weight is 465 g/mol. The van der Waals surface area contributed by atoms with Crippen LogP contribution in [0.3, 0.4) is 0 Å². The average Bonchev–Trinajstić information content (AvgIpc) is 3.25. The molecule has 1 unspecified atom stereocenters. The van der Waals surface area contributed by atoms with Crippen molar-refractivity contribution in [2.75, 3.05) is 11.1 Å². The maximum Gasteiger partial charge on any atom is 0.234 e. The number of ether oxygens (including phenoxy) is 1. The molecule has 3 aromatic carbocycles. The van der Waals surface area contributed by atoms with E-state index in [9.17, 15) is 4.79 Å². The minimum Gasteiger partial charge on any atom is -0.481 e. The van der Waals surface area contributed by atoms with Crippen LogP contribution in [0.5, 0.6) is 5.75 Å². The van der Waals surface area contributed by atoms with Gasteiger partial charge in [0.2, 0.25) is 5.91 Å². The number of hydrogen-bond donors (Lipinski definition) is 1. The zero-order chi connectivity index (χ0) is 22.3. The van der Waals surface area contributed by atoms with Gasteiger partial charge in [0, 0.05) is 11.4 Å². The molecule has 4 aromatic rings. The number of carbonyl (C=O) groups is 1. The normalized spacial score (nSPS) is 11.7. The molecule has 162 valence electrons. The summed E-state index contributed by atoms with van der Waals surface area (Å²) in [5.41, 5.74) is 1.64. The molecule has 0 aliphatic heterocycles. The molecular weight excluding hydrogens is 444 g/mol. The molecule has 0 saturated heterocycles. The number of thioether (sulfide) groups is 1. The van der Waals surface area contributed by atoms with Crippen molar-refractivity contribution in [3.63, 3.8) is 0 Å². The van der Waals surface area contributed by atoms with E-state index in [1.807, 2.05) is 90.4 Å². The number of halogens is 1. The van der Waals surface area contributed by atoms with E-state index in [1.54, 1.807) is 6.07 Å². The van der Waals surface area contributed by atoms with E-state index in [2.05, 4.69) is 15.5 Å². The maximum atomic E-state index is 12.4. The largest absolute Gasteiger partial charge is 0.481 e. The number of hydrogen-bond acceptors (Lipinski definition) is 5. The number of para-hydroxylation sites is 3.